The summed E-state index contributed by atoms with van der Waals surface area (Å²) in [6, 6.07) is 0. The van der Waals surface area contributed by atoms with E-state index in [9.17, 15) is 0 Å². The van der Waals surface area contributed by atoms with E-state index in [0.29, 0.717) is 0 Å². The van der Waals surface area contributed by atoms with E-state index in [0.717, 1.165) is 6.42 Å². The van der Waals surface area contributed by atoms with Gasteiger partial charge in [-0.2, -0.15) is 0 Å². The Bertz CT molecular complexity index is 356. The highest BCUT2D eigenvalue weighted by Crippen LogP contribution is 2.37. The Morgan fingerprint density at radius 3 is 2.67 bits per heavy atom. The molecule has 3 heteroatoms. The average molecular weight is 266 g/mol. The molecule has 1 unspecified atom stereocenters. The van der Waals surface area contributed by atoms with E-state index in [1.807, 2.05) is 11.3 Å². The first-order valence-corrected chi connectivity index (χ1v) is 8.25. The molecule has 1 N–H and O–H groups in total. The van der Waals surface area contributed by atoms with Gasteiger partial charge >= 0.3 is 0 Å². The van der Waals surface area contributed by atoms with E-state index in [4.69, 9.17) is 4.98 Å². The SMILES string of the molecule is CCCCC(CC)(NC)c1nc2c(s1)CCCC2. The van der Waals surface area contributed by atoms with Gasteiger partial charge in [-0.3, -0.25) is 0 Å². The van der Waals surface area contributed by atoms with Crippen LogP contribution in [-0.4, -0.2) is 12.0 Å². The van der Waals surface area contributed by atoms with Crippen LogP contribution < -0.4 is 5.32 Å². The first-order valence-electron chi connectivity index (χ1n) is 7.43. The minimum Gasteiger partial charge on any atom is -0.308 e. The second-order valence-electron chi connectivity index (χ2n) is 5.39. The van der Waals surface area contributed by atoms with Gasteiger partial charge in [-0.05, 0) is 45.6 Å². The van der Waals surface area contributed by atoms with Crippen LogP contribution in [0.5, 0.6) is 0 Å². The highest BCUT2D eigenvalue weighted by molar-refractivity contribution is 7.11. The lowest BCUT2D eigenvalue weighted by Gasteiger charge is -2.30. The van der Waals surface area contributed by atoms with Crippen molar-refractivity contribution >= 4 is 11.3 Å². The van der Waals surface area contributed by atoms with Gasteiger partial charge in [-0.25, -0.2) is 4.98 Å². The van der Waals surface area contributed by atoms with Gasteiger partial charge in [0.25, 0.3) is 0 Å². The van der Waals surface area contributed by atoms with Crippen LogP contribution in [-0.2, 0) is 18.4 Å². The molecule has 0 saturated carbocycles. The fourth-order valence-corrected chi connectivity index (χ4v) is 4.32. The Kier molecular flexibility index (Phi) is 4.79. The number of hydrogen-bond donors (Lipinski definition) is 1. The quantitative estimate of drug-likeness (QED) is 0.840. The minimum atomic E-state index is 0.123. The maximum Gasteiger partial charge on any atom is 0.113 e. The van der Waals surface area contributed by atoms with Gasteiger partial charge in [0.15, 0.2) is 0 Å². The summed E-state index contributed by atoms with van der Waals surface area (Å²) < 4.78 is 0. The monoisotopic (exact) mass is 266 g/mol. The van der Waals surface area contributed by atoms with Gasteiger partial charge in [-0.1, -0.05) is 26.7 Å². The molecule has 0 aliphatic heterocycles. The fraction of sp³-hybridized carbons (Fsp3) is 0.800. The molecular formula is C15H26N2S. The highest BCUT2D eigenvalue weighted by atomic mass is 32.1. The van der Waals surface area contributed by atoms with Crippen LogP contribution in [0.2, 0.25) is 0 Å². The van der Waals surface area contributed by atoms with Crippen LogP contribution >= 0.6 is 11.3 Å². The zero-order valence-corrected chi connectivity index (χ0v) is 12.8. The molecular weight excluding hydrogens is 240 g/mol. The molecule has 2 rings (SSSR count). The molecule has 0 amide bonds. The number of aromatic nitrogens is 1. The third-order valence-electron chi connectivity index (χ3n) is 4.29. The summed E-state index contributed by atoms with van der Waals surface area (Å²) in [5, 5.41) is 4.91. The van der Waals surface area contributed by atoms with Gasteiger partial charge in [0, 0.05) is 4.88 Å². The summed E-state index contributed by atoms with van der Waals surface area (Å²) >= 11 is 1.97. The maximum absolute atomic E-state index is 4.97. The molecule has 18 heavy (non-hydrogen) atoms. The molecule has 2 nitrogen and oxygen atoms in total. The molecule has 1 aromatic heterocycles. The van der Waals surface area contributed by atoms with Crippen LogP contribution in [0, 0.1) is 0 Å². The standard InChI is InChI=1S/C15H26N2S/c1-4-6-11-15(5-2,16-3)14-17-12-9-7-8-10-13(12)18-14/h16H,4-11H2,1-3H3. The minimum absolute atomic E-state index is 0.123. The zero-order valence-electron chi connectivity index (χ0n) is 12.0. The number of fused-ring (bicyclic) bond motifs is 1. The van der Waals surface area contributed by atoms with Crippen molar-refractivity contribution in [1.29, 1.82) is 0 Å². The lowest BCUT2D eigenvalue weighted by atomic mass is 9.90. The smallest absolute Gasteiger partial charge is 0.113 e. The highest BCUT2D eigenvalue weighted by Gasteiger charge is 2.32. The number of aryl methyl sites for hydroxylation is 2. The van der Waals surface area contributed by atoms with Crippen LogP contribution in [0.3, 0.4) is 0 Å². The first-order chi connectivity index (χ1) is 8.75. The lowest BCUT2D eigenvalue weighted by Crippen LogP contribution is -2.39. The summed E-state index contributed by atoms with van der Waals surface area (Å²) in [6.45, 7) is 4.55. The van der Waals surface area contributed by atoms with Crippen molar-refractivity contribution < 1.29 is 0 Å². The van der Waals surface area contributed by atoms with Crippen LogP contribution in [0.25, 0.3) is 0 Å². The van der Waals surface area contributed by atoms with Gasteiger partial charge in [0.05, 0.1) is 11.2 Å². The van der Waals surface area contributed by atoms with Crippen molar-refractivity contribution in [2.45, 2.75) is 70.8 Å². The molecule has 1 aromatic rings. The van der Waals surface area contributed by atoms with Gasteiger partial charge in [-0.15, -0.1) is 11.3 Å². The van der Waals surface area contributed by atoms with Gasteiger partial charge in [0.1, 0.15) is 5.01 Å². The number of rotatable bonds is 6. The predicted octanol–water partition coefficient (Wildman–Crippen LogP) is 4.04. The molecule has 0 radical (unpaired) electrons. The third-order valence-corrected chi connectivity index (χ3v) is 5.66. The normalized spacial score (nSPS) is 18.4. The van der Waals surface area contributed by atoms with Crippen molar-refractivity contribution in [2.24, 2.45) is 0 Å². The Balaban J connectivity index is 2.26. The zero-order chi connectivity index (χ0) is 13.0. The van der Waals surface area contributed by atoms with Gasteiger partial charge in [0.2, 0.25) is 0 Å². The Hall–Kier alpha value is -0.410. The molecule has 1 aliphatic rings. The summed E-state index contributed by atoms with van der Waals surface area (Å²) in [4.78, 5) is 6.53. The average Bonchev–Trinajstić information content (AvgIpc) is 2.85. The number of thiazole rings is 1. The molecule has 0 saturated heterocycles. The van der Waals surface area contributed by atoms with E-state index in [2.05, 4.69) is 26.2 Å². The number of unbranched alkanes of at least 4 members (excludes halogenated alkanes) is 1. The third kappa shape index (κ3) is 2.62. The summed E-state index contributed by atoms with van der Waals surface area (Å²) in [5.41, 5.74) is 1.52. The van der Waals surface area contributed by atoms with E-state index >= 15 is 0 Å². The van der Waals surface area contributed by atoms with E-state index < -0.39 is 0 Å². The Morgan fingerprint density at radius 2 is 2.06 bits per heavy atom. The summed E-state index contributed by atoms with van der Waals surface area (Å²) in [7, 11) is 2.10. The maximum atomic E-state index is 4.97. The van der Waals surface area contributed by atoms with Crippen LogP contribution in [0.15, 0.2) is 0 Å². The predicted molar refractivity (Wildman–Crippen MR) is 79.3 cm³/mol. The Labute approximate surface area is 115 Å². The second kappa shape index (κ2) is 6.16. The van der Waals surface area contributed by atoms with Crippen LogP contribution in [0.4, 0.5) is 0 Å². The molecule has 0 bridgehead atoms. The molecule has 0 aromatic carbocycles. The molecule has 102 valence electrons. The second-order valence-corrected chi connectivity index (χ2v) is 6.47. The van der Waals surface area contributed by atoms with Crippen LogP contribution in [0.1, 0.15) is 68.0 Å². The van der Waals surface area contributed by atoms with E-state index in [-0.39, 0.29) is 5.54 Å². The number of hydrogen-bond acceptors (Lipinski definition) is 3. The van der Waals surface area contributed by atoms with Gasteiger partial charge < -0.3 is 5.32 Å². The van der Waals surface area contributed by atoms with Crippen molar-refractivity contribution in [3.05, 3.63) is 15.6 Å². The number of nitrogens with zero attached hydrogens (tertiary/aromatic N) is 1. The molecule has 0 spiro atoms. The van der Waals surface area contributed by atoms with E-state index in [1.165, 1.54) is 55.6 Å². The van der Waals surface area contributed by atoms with Crippen molar-refractivity contribution in [3.63, 3.8) is 0 Å². The Morgan fingerprint density at radius 1 is 1.28 bits per heavy atom. The molecule has 1 aliphatic carbocycles. The van der Waals surface area contributed by atoms with Crippen molar-refractivity contribution in [1.82, 2.24) is 10.3 Å². The molecule has 0 fully saturated rings. The summed E-state index contributed by atoms with van der Waals surface area (Å²) in [6.07, 6.45) is 10.0. The van der Waals surface area contributed by atoms with Crippen molar-refractivity contribution in [3.8, 4) is 0 Å². The lowest BCUT2D eigenvalue weighted by molar-refractivity contribution is 0.309. The number of nitrogens with one attached hydrogen (secondary N) is 1. The first kappa shape index (κ1) is 14.0. The fourth-order valence-electron chi connectivity index (χ4n) is 2.88. The molecule has 1 heterocycles. The topological polar surface area (TPSA) is 24.9 Å². The summed E-state index contributed by atoms with van der Waals surface area (Å²) in [5.74, 6) is 0. The van der Waals surface area contributed by atoms with E-state index in [1.54, 1.807) is 4.88 Å². The molecule has 1 atom stereocenters. The van der Waals surface area contributed by atoms with Crippen molar-refractivity contribution in [2.75, 3.05) is 7.05 Å². The largest absolute Gasteiger partial charge is 0.308 e.